The number of nitrogens with one attached hydrogen (secondary N) is 3. The van der Waals surface area contributed by atoms with Crippen molar-refractivity contribution in [3.05, 3.63) is 66.6 Å². The predicted molar refractivity (Wildman–Crippen MR) is 136 cm³/mol. The van der Waals surface area contributed by atoms with Gasteiger partial charge in [-0.25, -0.2) is 17.8 Å². The molecule has 1 saturated carbocycles. The van der Waals surface area contributed by atoms with E-state index in [4.69, 9.17) is 0 Å². The molecule has 1 aliphatic rings. The third-order valence-corrected chi connectivity index (χ3v) is 8.19. The van der Waals surface area contributed by atoms with Crippen molar-refractivity contribution in [2.24, 2.45) is 0 Å². The standard InChI is InChI=1S/C25H31FN6O2S/c1-3-27-19-8-12-22(13-9-19)32(2)35(33,34)23-14-10-21(11-15-23)30-25-28-17-16-24(31-25)29-20-6-4-18(26)5-7-20/h4-7,10-11,14-17,19,22,27H,3,8-9,12-13H2,1-2H3,(H2,28,29,30,31)/t19-,22+. The summed E-state index contributed by atoms with van der Waals surface area (Å²) in [6.45, 7) is 3.03. The Hall–Kier alpha value is -3.08. The number of anilines is 4. The first-order valence-corrected chi connectivity index (χ1v) is 13.2. The molecule has 186 valence electrons. The van der Waals surface area contributed by atoms with Crippen molar-refractivity contribution in [1.82, 2.24) is 19.6 Å². The number of nitrogens with zero attached hydrogens (tertiary/aromatic N) is 3. The first kappa shape index (κ1) is 25.0. The first-order chi connectivity index (χ1) is 16.8. The van der Waals surface area contributed by atoms with Crippen molar-refractivity contribution in [2.75, 3.05) is 24.2 Å². The van der Waals surface area contributed by atoms with Crippen molar-refractivity contribution in [2.45, 2.75) is 49.6 Å². The minimum absolute atomic E-state index is 0.0115. The summed E-state index contributed by atoms with van der Waals surface area (Å²) < 4.78 is 41.0. The van der Waals surface area contributed by atoms with Crippen LogP contribution in [-0.4, -0.2) is 48.4 Å². The van der Waals surface area contributed by atoms with Crippen LogP contribution in [0.4, 0.5) is 27.5 Å². The lowest BCUT2D eigenvalue weighted by Crippen LogP contribution is -2.43. The molecule has 0 unspecified atom stereocenters. The van der Waals surface area contributed by atoms with Crippen LogP contribution in [0.3, 0.4) is 0 Å². The van der Waals surface area contributed by atoms with Gasteiger partial charge in [0.1, 0.15) is 11.6 Å². The van der Waals surface area contributed by atoms with Gasteiger partial charge in [0.25, 0.3) is 0 Å². The highest BCUT2D eigenvalue weighted by molar-refractivity contribution is 7.89. The Bertz CT molecular complexity index is 1210. The van der Waals surface area contributed by atoms with E-state index in [2.05, 4.69) is 32.8 Å². The molecule has 0 spiro atoms. The molecule has 0 atom stereocenters. The zero-order valence-corrected chi connectivity index (χ0v) is 20.7. The minimum Gasteiger partial charge on any atom is -0.340 e. The van der Waals surface area contributed by atoms with Crippen molar-refractivity contribution in [1.29, 1.82) is 0 Å². The molecule has 1 heterocycles. The second-order valence-electron chi connectivity index (χ2n) is 8.63. The molecule has 35 heavy (non-hydrogen) atoms. The third kappa shape index (κ3) is 6.33. The Morgan fingerprint density at radius 1 is 0.943 bits per heavy atom. The Morgan fingerprint density at radius 3 is 2.23 bits per heavy atom. The molecule has 1 aromatic heterocycles. The number of rotatable bonds is 9. The molecule has 3 aromatic rings. The summed E-state index contributed by atoms with van der Waals surface area (Å²) >= 11 is 0. The number of hydrogen-bond acceptors (Lipinski definition) is 7. The van der Waals surface area contributed by atoms with Crippen LogP contribution >= 0.6 is 0 Å². The molecule has 0 aliphatic heterocycles. The average molecular weight is 499 g/mol. The molecular formula is C25H31FN6O2S. The Balaban J connectivity index is 1.39. The van der Waals surface area contributed by atoms with Crippen LogP contribution in [-0.2, 0) is 10.0 Å². The summed E-state index contributed by atoms with van der Waals surface area (Å²) in [6.07, 6.45) is 5.27. The van der Waals surface area contributed by atoms with Crippen molar-refractivity contribution >= 4 is 33.2 Å². The fraction of sp³-hybridized carbons (Fsp3) is 0.360. The van der Waals surface area contributed by atoms with Gasteiger partial charge in [-0.15, -0.1) is 0 Å². The predicted octanol–water partition coefficient (Wildman–Crippen LogP) is 4.64. The van der Waals surface area contributed by atoms with E-state index in [1.807, 2.05) is 0 Å². The van der Waals surface area contributed by atoms with Crippen LogP contribution in [0.25, 0.3) is 0 Å². The first-order valence-electron chi connectivity index (χ1n) is 11.8. The highest BCUT2D eigenvalue weighted by atomic mass is 32.2. The van der Waals surface area contributed by atoms with Crippen LogP contribution in [0.1, 0.15) is 32.6 Å². The van der Waals surface area contributed by atoms with Gasteiger partial charge in [-0.1, -0.05) is 6.92 Å². The zero-order chi connectivity index (χ0) is 24.8. The van der Waals surface area contributed by atoms with Crippen molar-refractivity contribution < 1.29 is 12.8 Å². The summed E-state index contributed by atoms with van der Waals surface area (Å²) in [5, 5.41) is 9.64. The zero-order valence-electron chi connectivity index (χ0n) is 19.9. The van der Waals surface area contributed by atoms with E-state index in [-0.39, 0.29) is 16.8 Å². The van der Waals surface area contributed by atoms with Crippen LogP contribution in [0.2, 0.25) is 0 Å². The fourth-order valence-electron chi connectivity index (χ4n) is 4.30. The van der Waals surface area contributed by atoms with Gasteiger partial charge in [-0.2, -0.15) is 9.29 Å². The van der Waals surface area contributed by atoms with E-state index in [1.54, 1.807) is 55.7 Å². The van der Waals surface area contributed by atoms with Gasteiger partial charge >= 0.3 is 0 Å². The van der Waals surface area contributed by atoms with Gasteiger partial charge in [0.05, 0.1) is 4.90 Å². The Morgan fingerprint density at radius 2 is 1.57 bits per heavy atom. The second kappa shape index (κ2) is 11.1. The fourth-order valence-corrected chi connectivity index (χ4v) is 5.72. The molecule has 1 aliphatic carbocycles. The lowest BCUT2D eigenvalue weighted by Gasteiger charge is -2.34. The topological polar surface area (TPSA) is 99.3 Å². The highest BCUT2D eigenvalue weighted by Gasteiger charge is 2.31. The van der Waals surface area contributed by atoms with Gasteiger partial charge in [0.15, 0.2) is 0 Å². The highest BCUT2D eigenvalue weighted by Crippen LogP contribution is 2.28. The number of hydrogen-bond donors (Lipinski definition) is 3. The summed E-state index contributed by atoms with van der Waals surface area (Å²) in [5.41, 5.74) is 1.36. The molecule has 3 N–H and O–H groups in total. The Labute approximate surface area is 206 Å². The number of halogens is 1. The van der Waals surface area contributed by atoms with Gasteiger partial charge in [0, 0.05) is 36.7 Å². The average Bonchev–Trinajstić information content (AvgIpc) is 2.86. The van der Waals surface area contributed by atoms with Crippen LogP contribution in [0, 0.1) is 5.82 Å². The molecule has 0 amide bonds. The van der Waals surface area contributed by atoms with Gasteiger partial charge < -0.3 is 16.0 Å². The molecule has 0 radical (unpaired) electrons. The maximum absolute atomic E-state index is 13.2. The van der Waals surface area contributed by atoms with E-state index >= 15 is 0 Å². The lowest BCUT2D eigenvalue weighted by molar-refractivity contribution is 0.251. The van der Waals surface area contributed by atoms with E-state index in [9.17, 15) is 12.8 Å². The maximum atomic E-state index is 13.2. The smallest absolute Gasteiger partial charge is 0.243 e. The molecule has 4 rings (SSSR count). The summed E-state index contributed by atoms with van der Waals surface area (Å²) in [7, 11) is -1.91. The lowest BCUT2D eigenvalue weighted by atomic mass is 9.91. The van der Waals surface area contributed by atoms with Gasteiger partial charge in [0.2, 0.25) is 16.0 Å². The molecular weight excluding hydrogens is 467 g/mol. The quantitative estimate of drug-likeness (QED) is 0.395. The summed E-state index contributed by atoms with van der Waals surface area (Å²) in [6, 6.07) is 14.8. The van der Waals surface area contributed by atoms with E-state index in [1.165, 1.54) is 16.4 Å². The molecule has 1 fully saturated rings. The second-order valence-corrected chi connectivity index (χ2v) is 10.6. The van der Waals surface area contributed by atoms with Crippen molar-refractivity contribution in [3.8, 4) is 0 Å². The molecule has 10 heteroatoms. The minimum atomic E-state index is -3.59. The normalized spacial score (nSPS) is 18.4. The summed E-state index contributed by atoms with van der Waals surface area (Å²) in [4.78, 5) is 8.88. The third-order valence-electron chi connectivity index (χ3n) is 6.26. The van der Waals surface area contributed by atoms with E-state index in [0.29, 0.717) is 29.2 Å². The van der Waals surface area contributed by atoms with Crippen LogP contribution < -0.4 is 16.0 Å². The van der Waals surface area contributed by atoms with Crippen LogP contribution in [0.5, 0.6) is 0 Å². The van der Waals surface area contributed by atoms with Gasteiger partial charge in [-0.05, 0) is 86.8 Å². The monoisotopic (exact) mass is 498 g/mol. The SMILES string of the molecule is CCN[C@H]1CC[C@@H](N(C)S(=O)(=O)c2ccc(Nc3nccc(Nc4ccc(F)cc4)n3)cc2)CC1. The molecule has 2 aromatic carbocycles. The largest absolute Gasteiger partial charge is 0.340 e. The number of sulfonamides is 1. The number of benzene rings is 2. The maximum Gasteiger partial charge on any atom is 0.243 e. The van der Waals surface area contributed by atoms with Crippen LogP contribution in [0.15, 0.2) is 65.7 Å². The molecule has 8 nitrogen and oxygen atoms in total. The van der Waals surface area contributed by atoms with Gasteiger partial charge in [-0.3, -0.25) is 0 Å². The van der Waals surface area contributed by atoms with E-state index < -0.39 is 10.0 Å². The number of aromatic nitrogens is 2. The van der Waals surface area contributed by atoms with Crippen molar-refractivity contribution in [3.63, 3.8) is 0 Å². The Kier molecular flexibility index (Phi) is 7.94. The van der Waals surface area contributed by atoms with E-state index in [0.717, 1.165) is 32.2 Å². The summed E-state index contributed by atoms with van der Waals surface area (Å²) in [5.74, 6) is 0.579. The molecule has 0 bridgehead atoms. The molecule has 0 saturated heterocycles.